The monoisotopic (exact) mass is 392 g/mol. The smallest absolute Gasteiger partial charge is 0.314 e. The summed E-state index contributed by atoms with van der Waals surface area (Å²) in [5.41, 5.74) is 0.000622. The molecule has 3 aromatic rings. The van der Waals surface area contributed by atoms with Gasteiger partial charge in [-0.25, -0.2) is 0 Å². The van der Waals surface area contributed by atoms with E-state index >= 15 is 0 Å². The standard InChI is InChI=1S/C18H11F3N2O3S/c1-10-14(17(24)18(19,20)21)12-7-4-5-9-23(12)16(10)15-11-6-2-3-8-13(11)27(25,26)22-15/h2-9H,1H3. The van der Waals surface area contributed by atoms with Gasteiger partial charge in [0.25, 0.3) is 15.8 Å². The molecule has 1 aliphatic rings. The first-order valence-electron chi connectivity index (χ1n) is 7.79. The highest BCUT2D eigenvalue weighted by molar-refractivity contribution is 7.90. The molecule has 0 bridgehead atoms. The summed E-state index contributed by atoms with van der Waals surface area (Å²) in [7, 11) is -3.96. The van der Waals surface area contributed by atoms with Gasteiger partial charge in [-0.3, -0.25) is 4.79 Å². The Hall–Kier alpha value is -2.94. The van der Waals surface area contributed by atoms with Crippen molar-refractivity contribution >= 4 is 27.0 Å². The molecule has 0 fully saturated rings. The van der Waals surface area contributed by atoms with Crippen LogP contribution >= 0.6 is 0 Å². The molecule has 9 heteroatoms. The minimum Gasteiger partial charge on any atom is -0.314 e. The Morgan fingerprint density at radius 1 is 1.07 bits per heavy atom. The summed E-state index contributed by atoms with van der Waals surface area (Å²) < 4.78 is 69.1. The molecule has 0 saturated carbocycles. The lowest BCUT2D eigenvalue weighted by Gasteiger charge is -2.06. The molecule has 3 heterocycles. The van der Waals surface area contributed by atoms with Crippen molar-refractivity contribution < 1.29 is 26.4 Å². The number of sulfonamides is 1. The SMILES string of the molecule is Cc1c(C(=O)C(F)(F)F)c2ccccn2c1C1=NS(=O)(=O)c2ccccc21. The van der Waals surface area contributed by atoms with Crippen LogP contribution in [0.5, 0.6) is 0 Å². The summed E-state index contributed by atoms with van der Waals surface area (Å²) in [5, 5.41) is 0. The molecule has 0 unspecified atom stereocenters. The van der Waals surface area contributed by atoms with Crippen LogP contribution in [0.15, 0.2) is 58.0 Å². The van der Waals surface area contributed by atoms with Crippen LogP contribution in [-0.4, -0.2) is 30.5 Å². The molecule has 138 valence electrons. The third-order valence-electron chi connectivity index (χ3n) is 4.43. The van der Waals surface area contributed by atoms with Gasteiger partial charge in [-0.15, -0.1) is 0 Å². The number of hydrogen-bond donors (Lipinski definition) is 0. The fourth-order valence-corrected chi connectivity index (χ4v) is 4.55. The quantitative estimate of drug-likeness (QED) is 0.627. The van der Waals surface area contributed by atoms with Crippen molar-refractivity contribution in [2.45, 2.75) is 18.0 Å². The maximum atomic E-state index is 13.1. The van der Waals surface area contributed by atoms with Crippen molar-refractivity contribution in [1.82, 2.24) is 4.40 Å². The fraction of sp³-hybridized carbons (Fsp3) is 0.111. The topological polar surface area (TPSA) is 68.0 Å². The zero-order chi connectivity index (χ0) is 19.6. The molecule has 0 aliphatic carbocycles. The number of carbonyl (C=O) groups excluding carboxylic acids is 1. The number of hydrogen-bond acceptors (Lipinski definition) is 3. The lowest BCUT2D eigenvalue weighted by atomic mass is 10.0. The Kier molecular flexibility index (Phi) is 3.58. The van der Waals surface area contributed by atoms with Gasteiger partial charge < -0.3 is 4.40 Å². The molecule has 0 atom stereocenters. The van der Waals surface area contributed by atoms with Gasteiger partial charge >= 0.3 is 6.18 Å². The largest absolute Gasteiger partial charge is 0.454 e. The predicted molar refractivity (Wildman–Crippen MR) is 91.8 cm³/mol. The third-order valence-corrected chi connectivity index (χ3v) is 5.76. The average molecular weight is 392 g/mol. The number of pyridine rings is 1. The van der Waals surface area contributed by atoms with E-state index in [1.807, 2.05) is 0 Å². The van der Waals surface area contributed by atoms with Crippen LogP contribution in [0.2, 0.25) is 0 Å². The molecule has 0 spiro atoms. The zero-order valence-electron chi connectivity index (χ0n) is 13.8. The second kappa shape index (κ2) is 5.53. The van der Waals surface area contributed by atoms with E-state index in [0.717, 1.165) is 0 Å². The van der Waals surface area contributed by atoms with E-state index in [2.05, 4.69) is 4.40 Å². The average Bonchev–Trinajstić information content (AvgIpc) is 3.04. The Bertz CT molecular complexity index is 1250. The van der Waals surface area contributed by atoms with Gasteiger partial charge in [0, 0.05) is 11.8 Å². The van der Waals surface area contributed by atoms with Crippen LogP contribution in [0.3, 0.4) is 0 Å². The number of nitrogens with zero attached hydrogens (tertiary/aromatic N) is 2. The molecular weight excluding hydrogens is 381 g/mol. The van der Waals surface area contributed by atoms with E-state index < -0.39 is 27.5 Å². The van der Waals surface area contributed by atoms with Gasteiger partial charge in [0.15, 0.2) is 0 Å². The molecule has 4 rings (SSSR count). The van der Waals surface area contributed by atoms with Crippen molar-refractivity contribution in [3.8, 4) is 0 Å². The van der Waals surface area contributed by atoms with E-state index in [-0.39, 0.29) is 32.9 Å². The Morgan fingerprint density at radius 3 is 2.44 bits per heavy atom. The molecule has 0 radical (unpaired) electrons. The van der Waals surface area contributed by atoms with E-state index in [1.54, 1.807) is 12.1 Å². The van der Waals surface area contributed by atoms with Gasteiger partial charge in [0.2, 0.25) is 0 Å². The molecule has 1 aliphatic heterocycles. The molecule has 1 aromatic carbocycles. The number of benzene rings is 1. The number of rotatable bonds is 2. The number of aromatic nitrogens is 1. The van der Waals surface area contributed by atoms with Crippen molar-refractivity contribution in [2.24, 2.45) is 4.40 Å². The molecule has 0 saturated heterocycles. The highest BCUT2D eigenvalue weighted by atomic mass is 32.2. The van der Waals surface area contributed by atoms with Gasteiger partial charge in [-0.05, 0) is 30.7 Å². The van der Waals surface area contributed by atoms with E-state index in [9.17, 15) is 26.4 Å². The number of Topliss-reactive ketones (excluding diaryl/α,β-unsaturated/α-hetero) is 1. The lowest BCUT2D eigenvalue weighted by molar-refractivity contribution is -0.0884. The maximum absolute atomic E-state index is 13.1. The first-order valence-corrected chi connectivity index (χ1v) is 9.23. The molecule has 0 N–H and O–H groups in total. The van der Waals surface area contributed by atoms with Gasteiger partial charge in [0.1, 0.15) is 5.71 Å². The summed E-state index contributed by atoms with van der Waals surface area (Å²) in [4.78, 5) is 12.0. The van der Waals surface area contributed by atoms with Crippen LogP contribution in [0.1, 0.15) is 27.2 Å². The Balaban J connectivity index is 2.09. The highest BCUT2D eigenvalue weighted by Crippen LogP contribution is 2.35. The summed E-state index contributed by atoms with van der Waals surface area (Å²) in [5.74, 6) is -1.98. The van der Waals surface area contributed by atoms with Crippen LogP contribution in [-0.2, 0) is 10.0 Å². The molecule has 0 amide bonds. The van der Waals surface area contributed by atoms with Crippen molar-refractivity contribution in [1.29, 1.82) is 0 Å². The van der Waals surface area contributed by atoms with Crippen molar-refractivity contribution in [2.75, 3.05) is 0 Å². The van der Waals surface area contributed by atoms with Crippen LogP contribution < -0.4 is 0 Å². The number of carbonyl (C=O) groups is 1. The highest BCUT2D eigenvalue weighted by Gasteiger charge is 2.43. The van der Waals surface area contributed by atoms with E-state index in [0.29, 0.717) is 0 Å². The second-order valence-corrected chi connectivity index (χ2v) is 7.62. The molecule has 27 heavy (non-hydrogen) atoms. The fourth-order valence-electron chi connectivity index (χ4n) is 3.33. The van der Waals surface area contributed by atoms with Crippen LogP contribution in [0.4, 0.5) is 13.2 Å². The summed E-state index contributed by atoms with van der Waals surface area (Å²) in [6.07, 6.45) is -3.58. The van der Waals surface area contributed by atoms with Gasteiger partial charge in [0.05, 0.1) is 21.7 Å². The van der Waals surface area contributed by atoms with Gasteiger partial charge in [-0.1, -0.05) is 24.3 Å². The summed E-state index contributed by atoms with van der Waals surface area (Å²) >= 11 is 0. The van der Waals surface area contributed by atoms with Crippen LogP contribution in [0, 0.1) is 6.92 Å². The predicted octanol–water partition coefficient (Wildman–Crippen LogP) is 3.53. The third kappa shape index (κ3) is 2.49. The summed E-state index contributed by atoms with van der Waals surface area (Å²) in [6, 6.07) is 10.5. The Labute approximate surface area is 151 Å². The minimum absolute atomic E-state index is 0.0190. The number of fused-ring (bicyclic) bond motifs is 2. The Morgan fingerprint density at radius 2 is 1.74 bits per heavy atom. The molecule has 5 nitrogen and oxygen atoms in total. The van der Waals surface area contributed by atoms with Crippen molar-refractivity contribution in [3.63, 3.8) is 0 Å². The normalized spacial score (nSPS) is 15.6. The zero-order valence-corrected chi connectivity index (χ0v) is 14.6. The number of ketones is 1. The second-order valence-electron chi connectivity index (χ2n) is 6.04. The molecular formula is C18H11F3N2O3S. The minimum atomic E-state index is -5.05. The van der Waals surface area contributed by atoms with E-state index in [1.165, 1.54) is 47.9 Å². The van der Waals surface area contributed by atoms with Crippen molar-refractivity contribution in [3.05, 3.63) is 71.0 Å². The maximum Gasteiger partial charge on any atom is 0.454 e. The van der Waals surface area contributed by atoms with Gasteiger partial charge in [-0.2, -0.15) is 26.0 Å². The first kappa shape index (κ1) is 17.5. The number of halogens is 3. The summed E-state index contributed by atoms with van der Waals surface area (Å²) in [6.45, 7) is 1.36. The lowest BCUT2D eigenvalue weighted by Crippen LogP contribution is -2.23. The van der Waals surface area contributed by atoms with E-state index in [4.69, 9.17) is 0 Å². The van der Waals surface area contributed by atoms with Crippen LogP contribution in [0.25, 0.3) is 5.52 Å². The number of alkyl halides is 3. The first-order chi connectivity index (χ1) is 12.6. The molecule has 2 aromatic heterocycles.